The van der Waals surface area contributed by atoms with Crippen LogP contribution in [0.3, 0.4) is 0 Å². The molecule has 48 valence electrons. The van der Waals surface area contributed by atoms with Gasteiger partial charge in [0.1, 0.15) is 0 Å². The lowest BCUT2D eigenvalue weighted by molar-refractivity contribution is 0.903. The maximum Gasteiger partial charge on any atom is 0.0263 e. The van der Waals surface area contributed by atoms with Crippen LogP contribution in [-0.4, -0.2) is 25.3 Å². The SMILES string of the molecule is C1CPCNCPN1. The smallest absolute Gasteiger partial charge is 0.0263 e. The Labute approximate surface area is 53.8 Å². The molecular formula is C4H12N2P2. The van der Waals surface area contributed by atoms with Gasteiger partial charge in [-0.25, -0.2) is 0 Å². The molecule has 2 atom stereocenters. The van der Waals surface area contributed by atoms with Crippen LogP contribution in [0.4, 0.5) is 0 Å². The zero-order valence-electron chi connectivity index (χ0n) is 4.83. The van der Waals surface area contributed by atoms with E-state index in [4.69, 9.17) is 0 Å². The van der Waals surface area contributed by atoms with Crippen LogP contribution < -0.4 is 10.4 Å². The van der Waals surface area contributed by atoms with Gasteiger partial charge < -0.3 is 5.32 Å². The molecule has 0 aromatic rings. The van der Waals surface area contributed by atoms with Gasteiger partial charge in [0.25, 0.3) is 0 Å². The van der Waals surface area contributed by atoms with E-state index in [1.807, 2.05) is 0 Å². The molecule has 1 rings (SSSR count). The lowest BCUT2D eigenvalue weighted by Gasteiger charge is -2.10. The summed E-state index contributed by atoms with van der Waals surface area (Å²) in [6.07, 6.45) is 3.78. The van der Waals surface area contributed by atoms with Gasteiger partial charge in [0.05, 0.1) is 0 Å². The van der Waals surface area contributed by atoms with Gasteiger partial charge in [-0.1, -0.05) is 0 Å². The third kappa shape index (κ3) is 2.94. The monoisotopic (exact) mass is 150 g/mol. The molecule has 4 heteroatoms. The van der Waals surface area contributed by atoms with Crippen LogP contribution in [0.15, 0.2) is 0 Å². The lowest BCUT2D eigenvalue weighted by Crippen LogP contribution is -2.19. The van der Waals surface area contributed by atoms with Gasteiger partial charge in [-0.2, -0.15) is 0 Å². The molecule has 0 spiro atoms. The van der Waals surface area contributed by atoms with Crippen molar-refractivity contribution in [2.75, 3.05) is 25.3 Å². The quantitative estimate of drug-likeness (QED) is 0.487. The second-order valence-corrected chi connectivity index (χ2v) is 4.12. The second-order valence-electron chi connectivity index (χ2n) is 1.71. The van der Waals surface area contributed by atoms with Crippen LogP contribution in [0.2, 0.25) is 0 Å². The Balaban J connectivity index is 2.00. The topological polar surface area (TPSA) is 24.1 Å². The third-order valence-electron chi connectivity index (χ3n) is 1.02. The molecule has 2 unspecified atom stereocenters. The van der Waals surface area contributed by atoms with Crippen molar-refractivity contribution >= 4 is 17.3 Å². The van der Waals surface area contributed by atoms with E-state index in [2.05, 4.69) is 10.4 Å². The van der Waals surface area contributed by atoms with Gasteiger partial charge >= 0.3 is 0 Å². The van der Waals surface area contributed by atoms with Gasteiger partial charge in [0, 0.05) is 19.1 Å². The predicted octanol–water partition coefficient (Wildman–Crippen LogP) is 0.366. The zero-order valence-corrected chi connectivity index (χ0v) is 6.83. The predicted molar refractivity (Wildman–Crippen MR) is 42.4 cm³/mol. The Morgan fingerprint density at radius 1 is 1.25 bits per heavy atom. The Kier molecular flexibility index (Phi) is 4.00. The molecule has 2 nitrogen and oxygen atoms in total. The van der Waals surface area contributed by atoms with E-state index in [-0.39, 0.29) is 0 Å². The zero-order chi connectivity index (χ0) is 5.66. The standard InChI is InChI=1S/C4H12N2P2/c1-2-7-3-5-4-8-6-1/h5-8H,1-4H2. The summed E-state index contributed by atoms with van der Waals surface area (Å²) in [7, 11) is 2.05. The highest BCUT2D eigenvalue weighted by Gasteiger charge is 1.92. The average Bonchev–Trinajstić information content (AvgIpc) is 1.62. The number of hydrogen-bond donors (Lipinski definition) is 2. The molecule has 0 bridgehead atoms. The number of nitrogens with one attached hydrogen (secondary N) is 2. The Hall–Kier alpha value is 0.780. The third-order valence-corrected chi connectivity index (χ3v) is 3.05. The summed E-state index contributed by atoms with van der Waals surface area (Å²) in [5, 5.41) is 6.71. The fourth-order valence-electron chi connectivity index (χ4n) is 0.604. The van der Waals surface area contributed by atoms with Crippen molar-refractivity contribution in [2.45, 2.75) is 0 Å². The van der Waals surface area contributed by atoms with Crippen LogP contribution in [0.25, 0.3) is 0 Å². The minimum absolute atomic E-state index is 0.934. The van der Waals surface area contributed by atoms with Crippen molar-refractivity contribution in [3.05, 3.63) is 0 Å². The first-order valence-electron chi connectivity index (χ1n) is 2.87. The van der Waals surface area contributed by atoms with E-state index < -0.39 is 0 Å². The first kappa shape index (κ1) is 6.89. The molecule has 0 aliphatic carbocycles. The summed E-state index contributed by atoms with van der Waals surface area (Å²) >= 11 is 0. The van der Waals surface area contributed by atoms with Crippen molar-refractivity contribution in [3.63, 3.8) is 0 Å². The van der Waals surface area contributed by atoms with Crippen LogP contribution in [0.5, 0.6) is 0 Å². The summed E-state index contributed by atoms with van der Waals surface area (Å²) in [6, 6.07) is 0. The highest BCUT2D eigenvalue weighted by molar-refractivity contribution is 7.39. The highest BCUT2D eigenvalue weighted by atomic mass is 31.1. The first-order chi connectivity index (χ1) is 4.00. The molecule has 2 N–H and O–H groups in total. The van der Waals surface area contributed by atoms with Crippen LogP contribution in [0.1, 0.15) is 0 Å². The minimum atomic E-state index is 0.934. The van der Waals surface area contributed by atoms with E-state index in [1.165, 1.54) is 25.3 Å². The molecule has 8 heavy (non-hydrogen) atoms. The number of rotatable bonds is 0. The first-order valence-corrected chi connectivity index (χ1v) is 5.49. The van der Waals surface area contributed by atoms with Crippen LogP contribution in [0, 0.1) is 0 Å². The Bertz CT molecular complexity index is 36.0. The number of hydrogen-bond acceptors (Lipinski definition) is 2. The summed E-state index contributed by atoms with van der Waals surface area (Å²) in [6.45, 7) is 1.23. The average molecular weight is 150 g/mol. The fourth-order valence-corrected chi connectivity index (χ4v) is 2.56. The van der Waals surface area contributed by atoms with Crippen molar-refractivity contribution in [1.29, 1.82) is 0 Å². The summed E-state index contributed by atoms with van der Waals surface area (Å²) in [4.78, 5) is 0. The lowest BCUT2D eigenvalue weighted by atomic mass is 10.8. The molecule has 1 fully saturated rings. The van der Waals surface area contributed by atoms with Crippen molar-refractivity contribution in [3.8, 4) is 0 Å². The van der Waals surface area contributed by atoms with Gasteiger partial charge in [-0.15, -0.1) is 8.58 Å². The Morgan fingerprint density at radius 2 is 2.25 bits per heavy atom. The molecule has 1 aliphatic rings. The summed E-state index contributed by atoms with van der Waals surface area (Å²) in [5.74, 6) is 0. The fraction of sp³-hybridized carbons (Fsp3) is 1.00. The molecule has 0 saturated carbocycles. The van der Waals surface area contributed by atoms with Crippen LogP contribution >= 0.6 is 17.3 Å². The maximum atomic E-state index is 3.36. The summed E-state index contributed by atoms with van der Waals surface area (Å²) in [5.41, 5.74) is 0. The van der Waals surface area contributed by atoms with Gasteiger partial charge in [-0.05, 0) is 14.9 Å². The summed E-state index contributed by atoms with van der Waals surface area (Å²) < 4.78 is 0. The van der Waals surface area contributed by atoms with E-state index in [0.717, 1.165) is 17.3 Å². The molecule has 1 heterocycles. The van der Waals surface area contributed by atoms with Crippen molar-refractivity contribution in [1.82, 2.24) is 10.4 Å². The molecule has 0 amide bonds. The normalized spacial score (nSPS) is 30.0. The largest absolute Gasteiger partial charge is 0.308 e. The molecule has 1 aliphatic heterocycles. The van der Waals surface area contributed by atoms with Crippen LogP contribution in [-0.2, 0) is 0 Å². The highest BCUT2D eigenvalue weighted by Crippen LogP contribution is 2.10. The van der Waals surface area contributed by atoms with E-state index in [9.17, 15) is 0 Å². The second kappa shape index (κ2) is 4.64. The van der Waals surface area contributed by atoms with Crippen molar-refractivity contribution in [2.24, 2.45) is 0 Å². The van der Waals surface area contributed by atoms with Crippen molar-refractivity contribution < 1.29 is 0 Å². The molecule has 0 aromatic heterocycles. The van der Waals surface area contributed by atoms with Gasteiger partial charge in [0.2, 0.25) is 0 Å². The Morgan fingerprint density at radius 3 is 3.25 bits per heavy atom. The molecule has 0 aromatic carbocycles. The molecular weight excluding hydrogens is 138 g/mol. The van der Waals surface area contributed by atoms with E-state index in [0.29, 0.717) is 0 Å². The van der Waals surface area contributed by atoms with Gasteiger partial charge in [0.15, 0.2) is 0 Å². The maximum absolute atomic E-state index is 3.36. The van der Waals surface area contributed by atoms with E-state index >= 15 is 0 Å². The minimum Gasteiger partial charge on any atom is -0.308 e. The molecule has 1 saturated heterocycles. The van der Waals surface area contributed by atoms with Gasteiger partial charge in [-0.3, -0.25) is 5.09 Å². The molecule has 0 radical (unpaired) electrons. The van der Waals surface area contributed by atoms with E-state index in [1.54, 1.807) is 0 Å².